The zero-order valence-corrected chi connectivity index (χ0v) is 28.3. The monoisotopic (exact) mass is 589 g/mol. The molecule has 5 rings (SSSR count). The molecule has 1 aromatic rings. The number of allylic oxidation sites excluding steroid dienone is 3. The van der Waals surface area contributed by atoms with Crippen molar-refractivity contribution in [2.75, 3.05) is 5.32 Å². The summed E-state index contributed by atoms with van der Waals surface area (Å²) in [5, 5.41) is 2.86. The SMILES string of the molecule is CCC(C)OC(=O)Nc1cccc(OC2CCC3(C)C(=CCC4C3CCC3(C)C(C(C)C=CC(C)C(C)C)CCC43)C2)c1. The third-order valence-corrected chi connectivity index (χ3v) is 12.8. The Labute approximate surface area is 262 Å². The van der Waals surface area contributed by atoms with E-state index < -0.39 is 6.09 Å². The molecule has 0 bridgehead atoms. The first-order valence-electron chi connectivity index (χ1n) is 17.6. The highest BCUT2D eigenvalue weighted by atomic mass is 16.6. The highest BCUT2D eigenvalue weighted by Crippen LogP contribution is 2.67. The number of rotatable bonds is 9. The maximum Gasteiger partial charge on any atom is 0.411 e. The minimum atomic E-state index is -0.411. The largest absolute Gasteiger partial charge is 0.490 e. The molecule has 4 aliphatic rings. The molecule has 4 aliphatic carbocycles. The van der Waals surface area contributed by atoms with Crippen molar-refractivity contribution in [1.82, 2.24) is 0 Å². The van der Waals surface area contributed by atoms with E-state index in [0.717, 1.165) is 48.7 Å². The van der Waals surface area contributed by atoms with E-state index in [1.165, 1.54) is 38.5 Å². The van der Waals surface area contributed by atoms with E-state index in [0.29, 0.717) is 34.3 Å². The van der Waals surface area contributed by atoms with Crippen LogP contribution in [0.15, 0.2) is 48.1 Å². The topological polar surface area (TPSA) is 47.6 Å². The molecule has 0 heterocycles. The summed E-state index contributed by atoms with van der Waals surface area (Å²) in [4.78, 5) is 12.2. The van der Waals surface area contributed by atoms with Crippen molar-refractivity contribution in [2.45, 2.75) is 125 Å². The summed E-state index contributed by atoms with van der Waals surface area (Å²) in [6.07, 6.45) is 18.4. The van der Waals surface area contributed by atoms with Crippen molar-refractivity contribution in [3.05, 3.63) is 48.1 Å². The second-order valence-corrected chi connectivity index (χ2v) is 15.6. The zero-order valence-electron chi connectivity index (χ0n) is 28.3. The van der Waals surface area contributed by atoms with Gasteiger partial charge in [-0.1, -0.05) is 78.3 Å². The van der Waals surface area contributed by atoms with Crippen LogP contribution in [0.1, 0.15) is 113 Å². The number of nitrogens with one attached hydrogen (secondary N) is 1. The molecule has 0 spiro atoms. The fourth-order valence-electron chi connectivity index (χ4n) is 9.59. The number of carbonyl (C=O) groups is 1. The number of fused-ring (bicyclic) bond motifs is 5. The molecule has 3 fully saturated rings. The molecule has 10 unspecified atom stereocenters. The van der Waals surface area contributed by atoms with Crippen LogP contribution in [0.3, 0.4) is 0 Å². The summed E-state index contributed by atoms with van der Waals surface area (Å²) in [5.41, 5.74) is 3.15. The first-order chi connectivity index (χ1) is 20.4. The predicted molar refractivity (Wildman–Crippen MR) is 178 cm³/mol. The van der Waals surface area contributed by atoms with E-state index in [4.69, 9.17) is 9.47 Å². The lowest BCUT2D eigenvalue weighted by Gasteiger charge is -2.58. The average molecular weight is 590 g/mol. The summed E-state index contributed by atoms with van der Waals surface area (Å²) in [7, 11) is 0. The van der Waals surface area contributed by atoms with Crippen molar-refractivity contribution >= 4 is 11.8 Å². The van der Waals surface area contributed by atoms with Crippen LogP contribution < -0.4 is 10.1 Å². The standard InChI is InChI=1S/C39H59NO3/c1-9-28(6)42-37(41)40-30-11-10-12-31(24-30)43-32-19-21-38(7)29(23-32)15-16-33-35-18-17-34(39(35,8)22-20-36(33)38)27(5)14-13-26(4)25(2)3/h10-15,24-28,32-36H,9,16-23H2,1-8H3,(H,40,41). The van der Waals surface area contributed by atoms with Gasteiger partial charge in [-0.2, -0.15) is 0 Å². The summed E-state index contributed by atoms with van der Waals surface area (Å²) >= 11 is 0. The Morgan fingerprint density at radius 3 is 2.56 bits per heavy atom. The highest BCUT2D eigenvalue weighted by molar-refractivity contribution is 5.84. The van der Waals surface area contributed by atoms with Crippen LogP contribution >= 0.6 is 0 Å². The summed E-state index contributed by atoms with van der Waals surface area (Å²) in [6.45, 7) is 18.7. The van der Waals surface area contributed by atoms with Crippen LogP contribution in [0.2, 0.25) is 0 Å². The normalized spacial score (nSPS) is 35.7. The number of amides is 1. The molecular formula is C39H59NO3. The van der Waals surface area contributed by atoms with Gasteiger partial charge in [0.1, 0.15) is 18.0 Å². The molecule has 4 heteroatoms. The van der Waals surface area contributed by atoms with Crippen LogP contribution in [0, 0.1) is 52.3 Å². The molecule has 1 N–H and O–H groups in total. The predicted octanol–water partition coefficient (Wildman–Crippen LogP) is 10.8. The van der Waals surface area contributed by atoms with Crippen molar-refractivity contribution < 1.29 is 14.3 Å². The van der Waals surface area contributed by atoms with Gasteiger partial charge in [-0.3, -0.25) is 5.32 Å². The Hall–Kier alpha value is -2.23. The Morgan fingerprint density at radius 2 is 1.81 bits per heavy atom. The molecular weight excluding hydrogens is 530 g/mol. The van der Waals surface area contributed by atoms with Gasteiger partial charge in [0.25, 0.3) is 0 Å². The smallest absolute Gasteiger partial charge is 0.411 e. The van der Waals surface area contributed by atoms with Crippen LogP contribution in [-0.4, -0.2) is 18.3 Å². The number of benzene rings is 1. The van der Waals surface area contributed by atoms with Gasteiger partial charge in [-0.15, -0.1) is 0 Å². The van der Waals surface area contributed by atoms with Gasteiger partial charge in [0, 0.05) is 18.2 Å². The number of carbonyl (C=O) groups excluding carboxylic acids is 1. The van der Waals surface area contributed by atoms with E-state index in [1.807, 2.05) is 38.1 Å². The van der Waals surface area contributed by atoms with Gasteiger partial charge in [0.15, 0.2) is 0 Å². The van der Waals surface area contributed by atoms with E-state index in [-0.39, 0.29) is 12.2 Å². The van der Waals surface area contributed by atoms with E-state index in [9.17, 15) is 4.79 Å². The molecule has 1 amide bonds. The number of hydrogen-bond acceptors (Lipinski definition) is 3. The molecule has 1 aromatic carbocycles. The van der Waals surface area contributed by atoms with E-state index >= 15 is 0 Å². The Balaban J connectivity index is 1.23. The fourth-order valence-corrected chi connectivity index (χ4v) is 9.59. The van der Waals surface area contributed by atoms with Gasteiger partial charge in [0.2, 0.25) is 0 Å². The molecule has 3 saturated carbocycles. The zero-order chi connectivity index (χ0) is 30.9. The fraction of sp³-hybridized carbons (Fsp3) is 0.718. The van der Waals surface area contributed by atoms with Crippen LogP contribution in [0.25, 0.3) is 0 Å². The summed E-state index contributed by atoms with van der Waals surface area (Å²) in [5.74, 6) is 6.18. The summed E-state index contributed by atoms with van der Waals surface area (Å²) in [6, 6.07) is 7.76. The maximum atomic E-state index is 12.2. The quantitative estimate of drug-likeness (QED) is 0.291. The van der Waals surface area contributed by atoms with E-state index in [2.05, 4.69) is 65.1 Å². The van der Waals surface area contributed by atoms with Gasteiger partial charge < -0.3 is 9.47 Å². The highest BCUT2D eigenvalue weighted by Gasteiger charge is 2.59. The molecule has 0 saturated heterocycles. The molecule has 43 heavy (non-hydrogen) atoms. The second-order valence-electron chi connectivity index (χ2n) is 15.6. The molecule has 238 valence electrons. The van der Waals surface area contributed by atoms with Gasteiger partial charge in [-0.25, -0.2) is 4.79 Å². The Bertz CT molecular complexity index is 1190. The average Bonchev–Trinajstić information content (AvgIpc) is 3.33. The Morgan fingerprint density at radius 1 is 1.02 bits per heavy atom. The minimum Gasteiger partial charge on any atom is -0.490 e. The second kappa shape index (κ2) is 13.0. The molecule has 0 aliphatic heterocycles. The molecule has 0 radical (unpaired) electrons. The first-order valence-corrected chi connectivity index (χ1v) is 17.6. The van der Waals surface area contributed by atoms with Crippen LogP contribution in [0.5, 0.6) is 5.75 Å². The minimum absolute atomic E-state index is 0.100. The van der Waals surface area contributed by atoms with Crippen molar-refractivity contribution in [2.24, 2.45) is 52.3 Å². The van der Waals surface area contributed by atoms with Crippen LogP contribution in [0.4, 0.5) is 10.5 Å². The van der Waals surface area contributed by atoms with Crippen molar-refractivity contribution in [3.63, 3.8) is 0 Å². The van der Waals surface area contributed by atoms with Gasteiger partial charge in [-0.05, 0) is 123 Å². The van der Waals surface area contributed by atoms with Crippen molar-refractivity contribution in [3.8, 4) is 5.75 Å². The number of hydrogen-bond donors (Lipinski definition) is 1. The van der Waals surface area contributed by atoms with Gasteiger partial charge in [0.05, 0.1) is 0 Å². The molecule has 4 nitrogen and oxygen atoms in total. The van der Waals surface area contributed by atoms with E-state index in [1.54, 1.807) is 5.57 Å². The summed E-state index contributed by atoms with van der Waals surface area (Å²) < 4.78 is 11.9. The Kier molecular flexibility index (Phi) is 9.74. The number of ether oxygens (including phenoxy) is 2. The molecule has 10 atom stereocenters. The van der Waals surface area contributed by atoms with Crippen LogP contribution in [-0.2, 0) is 4.74 Å². The maximum absolute atomic E-state index is 12.2. The first kappa shape index (κ1) is 32.2. The lowest BCUT2D eigenvalue weighted by molar-refractivity contribution is -0.0526. The van der Waals surface area contributed by atoms with Gasteiger partial charge >= 0.3 is 6.09 Å². The third-order valence-electron chi connectivity index (χ3n) is 12.8. The molecule has 0 aromatic heterocycles. The van der Waals surface area contributed by atoms with Crippen molar-refractivity contribution in [1.29, 1.82) is 0 Å². The third kappa shape index (κ3) is 6.59. The lowest BCUT2D eigenvalue weighted by Crippen LogP contribution is -2.51. The number of anilines is 1. The lowest BCUT2D eigenvalue weighted by atomic mass is 9.47.